The average molecular weight is 271 g/mol. The zero-order valence-corrected chi connectivity index (χ0v) is 12.0. The maximum atomic E-state index is 11.8. The summed E-state index contributed by atoms with van der Waals surface area (Å²) in [5.74, 6) is -0.174. The van der Waals surface area contributed by atoms with E-state index in [-0.39, 0.29) is 18.0 Å². The number of unbranched alkanes of at least 4 members (excludes halogenated alkanes) is 2. The first-order chi connectivity index (χ1) is 9.19. The number of likely N-dealkylation sites (tertiary alicyclic amines) is 1. The van der Waals surface area contributed by atoms with Crippen molar-refractivity contribution in [3.05, 3.63) is 0 Å². The van der Waals surface area contributed by atoms with Gasteiger partial charge in [0.05, 0.1) is 19.1 Å². The minimum Gasteiger partial charge on any atom is -0.465 e. The molecule has 0 unspecified atom stereocenters. The Bertz CT molecular complexity index is 285. The quantitative estimate of drug-likeness (QED) is 0.550. The normalized spacial score (nSPS) is 16.2. The molecule has 1 aliphatic heterocycles. The second-order valence-electron chi connectivity index (χ2n) is 4.83. The van der Waals surface area contributed by atoms with Crippen molar-refractivity contribution in [3.8, 4) is 0 Å². The van der Waals surface area contributed by atoms with Gasteiger partial charge in [-0.15, -0.1) is 0 Å². The van der Waals surface area contributed by atoms with Crippen LogP contribution in [0, 0.1) is 5.92 Å². The van der Waals surface area contributed by atoms with E-state index in [0.29, 0.717) is 39.1 Å². The molecule has 1 rings (SSSR count). The van der Waals surface area contributed by atoms with Crippen LogP contribution < -0.4 is 0 Å². The number of hydrogen-bond acceptors (Lipinski definition) is 4. The van der Waals surface area contributed by atoms with Gasteiger partial charge in [0.25, 0.3) is 0 Å². The fourth-order valence-electron chi connectivity index (χ4n) is 2.16. The van der Waals surface area contributed by atoms with E-state index >= 15 is 0 Å². The molecular weight excluding hydrogens is 246 g/mol. The van der Waals surface area contributed by atoms with E-state index in [1.165, 1.54) is 0 Å². The van der Waals surface area contributed by atoms with E-state index in [1.54, 1.807) is 11.8 Å². The molecule has 5 heteroatoms. The van der Waals surface area contributed by atoms with E-state index < -0.39 is 0 Å². The number of nitrogens with zero attached hydrogens (tertiary/aromatic N) is 1. The van der Waals surface area contributed by atoms with Crippen LogP contribution >= 0.6 is 0 Å². The van der Waals surface area contributed by atoms with Crippen LogP contribution in [0.25, 0.3) is 0 Å². The molecule has 1 amide bonds. The molecule has 0 N–H and O–H groups in total. The number of amides is 1. The van der Waals surface area contributed by atoms with Crippen LogP contribution in [0.2, 0.25) is 0 Å². The van der Waals surface area contributed by atoms with Crippen molar-refractivity contribution < 1.29 is 19.1 Å². The first-order valence-electron chi connectivity index (χ1n) is 7.27. The van der Waals surface area contributed by atoms with E-state index in [1.807, 2.05) is 0 Å². The van der Waals surface area contributed by atoms with Gasteiger partial charge in [0.15, 0.2) is 0 Å². The minimum absolute atomic E-state index is 0.0627. The lowest BCUT2D eigenvalue weighted by molar-refractivity contribution is -0.150. The number of esters is 1. The number of rotatable bonds is 6. The molecule has 1 aliphatic rings. The van der Waals surface area contributed by atoms with Crippen LogP contribution in [0.5, 0.6) is 0 Å². The van der Waals surface area contributed by atoms with Gasteiger partial charge in [-0.25, -0.2) is 4.79 Å². The number of hydrogen-bond donors (Lipinski definition) is 0. The van der Waals surface area contributed by atoms with E-state index in [9.17, 15) is 9.59 Å². The third kappa shape index (κ3) is 5.49. The monoisotopic (exact) mass is 271 g/mol. The molecule has 0 aliphatic carbocycles. The summed E-state index contributed by atoms with van der Waals surface area (Å²) in [4.78, 5) is 25.0. The highest BCUT2D eigenvalue weighted by Crippen LogP contribution is 2.19. The van der Waals surface area contributed by atoms with Crippen molar-refractivity contribution in [1.82, 2.24) is 4.90 Å². The maximum Gasteiger partial charge on any atom is 0.409 e. The number of ether oxygens (including phenoxy) is 2. The lowest BCUT2D eigenvalue weighted by Gasteiger charge is -2.30. The van der Waals surface area contributed by atoms with Crippen molar-refractivity contribution in [3.63, 3.8) is 0 Å². The Morgan fingerprint density at radius 1 is 1.11 bits per heavy atom. The van der Waals surface area contributed by atoms with Gasteiger partial charge in [-0.3, -0.25) is 4.79 Å². The van der Waals surface area contributed by atoms with Gasteiger partial charge < -0.3 is 14.4 Å². The summed E-state index contributed by atoms with van der Waals surface area (Å²) >= 11 is 0. The standard InChI is InChI=1S/C14H25NO4/c1-3-5-6-11-19-13(16)12-7-9-15(10-8-12)14(17)18-4-2/h12H,3-11H2,1-2H3. The van der Waals surface area contributed by atoms with Crippen molar-refractivity contribution in [2.75, 3.05) is 26.3 Å². The van der Waals surface area contributed by atoms with Crippen LogP contribution in [0.15, 0.2) is 0 Å². The predicted molar refractivity (Wildman–Crippen MR) is 71.8 cm³/mol. The number of carbonyl (C=O) groups is 2. The van der Waals surface area contributed by atoms with Gasteiger partial charge >= 0.3 is 12.1 Å². The summed E-state index contributed by atoms with van der Waals surface area (Å²) in [7, 11) is 0. The Hall–Kier alpha value is -1.26. The number of carbonyl (C=O) groups excluding carboxylic acids is 2. The topological polar surface area (TPSA) is 55.8 Å². The van der Waals surface area contributed by atoms with Gasteiger partial charge in [-0.05, 0) is 26.2 Å². The van der Waals surface area contributed by atoms with E-state index in [2.05, 4.69) is 6.92 Å². The molecule has 1 heterocycles. The van der Waals surface area contributed by atoms with E-state index in [4.69, 9.17) is 9.47 Å². The van der Waals surface area contributed by atoms with Crippen LogP contribution in [0.4, 0.5) is 4.79 Å². The average Bonchev–Trinajstić information content (AvgIpc) is 2.44. The summed E-state index contributed by atoms with van der Waals surface area (Å²) in [6.07, 6.45) is 4.21. The molecule has 1 saturated heterocycles. The molecule has 0 aromatic rings. The Balaban J connectivity index is 2.21. The van der Waals surface area contributed by atoms with Crippen molar-refractivity contribution in [1.29, 1.82) is 0 Å². The Morgan fingerprint density at radius 2 is 1.79 bits per heavy atom. The maximum absolute atomic E-state index is 11.8. The zero-order valence-electron chi connectivity index (χ0n) is 12.0. The summed E-state index contributed by atoms with van der Waals surface area (Å²) < 4.78 is 10.2. The van der Waals surface area contributed by atoms with E-state index in [0.717, 1.165) is 19.3 Å². The SMILES string of the molecule is CCCCCOC(=O)C1CCN(C(=O)OCC)CC1. The summed E-state index contributed by atoms with van der Waals surface area (Å²) in [6, 6.07) is 0. The molecule has 0 atom stereocenters. The highest BCUT2D eigenvalue weighted by molar-refractivity contribution is 5.73. The summed E-state index contributed by atoms with van der Waals surface area (Å²) in [6.45, 7) is 5.97. The van der Waals surface area contributed by atoms with Crippen LogP contribution in [-0.4, -0.2) is 43.3 Å². The zero-order chi connectivity index (χ0) is 14.1. The first kappa shape index (κ1) is 15.8. The molecule has 0 bridgehead atoms. The second kappa shape index (κ2) is 8.77. The third-order valence-corrected chi connectivity index (χ3v) is 3.35. The van der Waals surface area contributed by atoms with Gasteiger partial charge in [-0.1, -0.05) is 19.8 Å². The van der Waals surface area contributed by atoms with Gasteiger partial charge in [0.1, 0.15) is 0 Å². The highest BCUT2D eigenvalue weighted by Gasteiger charge is 2.28. The molecule has 0 aromatic heterocycles. The Kier molecular flexibility index (Phi) is 7.30. The Morgan fingerprint density at radius 3 is 2.37 bits per heavy atom. The number of piperidine rings is 1. The van der Waals surface area contributed by atoms with Crippen LogP contribution in [0.1, 0.15) is 46.0 Å². The molecule has 0 spiro atoms. The second-order valence-corrected chi connectivity index (χ2v) is 4.83. The lowest BCUT2D eigenvalue weighted by atomic mass is 9.97. The summed E-state index contributed by atoms with van der Waals surface area (Å²) in [5.41, 5.74) is 0. The highest BCUT2D eigenvalue weighted by atomic mass is 16.6. The Labute approximate surface area is 115 Å². The largest absolute Gasteiger partial charge is 0.465 e. The van der Waals surface area contributed by atoms with Crippen LogP contribution in [-0.2, 0) is 14.3 Å². The van der Waals surface area contributed by atoms with Crippen molar-refractivity contribution in [2.24, 2.45) is 5.92 Å². The molecule has 0 radical (unpaired) electrons. The first-order valence-corrected chi connectivity index (χ1v) is 7.27. The van der Waals surface area contributed by atoms with Crippen molar-refractivity contribution in [2.45, 2.75) is 46.0 Å². The molecule has 5 nitrogen and oxygen atoms in total. The van der Waals surface area contributed by atoms with Gasteiger partial charge in [-0.2, -0.15) is 0 Å². The van der Waals surface area contributed by atoms with Crippen LogP contribution in [0.3, 0.4) is 0 Å². The molecular formula is C14H25NO4. The molecule has 110 valence electrons. The molecule has 0 aromatic carbocycles. The fourth-order valence-corrected chi connectivity index (χ4v) is 2.16. The molecule has 1 fully saturated rings. The lowest BCUT2D eigenvalue weighted by Crippen LogP contribution is -2.41. The predicted octanol–water partition coefficient (Wildman–Crippen LogP) is 2.59. The minimum atomic E-state index is -0.280. The summed E-state index contributed by atoms with van der Waals surface area (Å²) in [5, 5.41) is 0. The fraction of sp³-hybridized carbons (Fsp3) is 0.857. The molecule has 0 saturated carbocycles. The van der Waals surface area contributed by atoms with Crippen molar-refractivity contribution >= 4 is 12.1 Å². The van der Waals surface area contributed by atoms with Gasteiger partial charge in [0, 0.05) is 13.1 Å². The molecule has 19 heavy (non-hydrogen) atoms. The third-order valence-electron chi connectivity index (χ3n) is 3.35. The smallest absolute Gasteiger partial charge is 0.409 e. The van der Waals surface area contributed by atoms with Gasteiger partial charge in [0.2, 0.25) is 0 Å².